The molecule has 0 saturated heterocycles. The van der Waals surface area contributed by atoms with Gasteiger partial charge in [0.05, 0.1) is 28.5 Å². The number of sulfone groups is 1. The van der Waals surface area contributed by atoms with Crippen LogP contribution in [0.4, 0.5) is 5.69 Å². The molecule has 1 aromatic heterocycles. The van der Waals surface area contributed by atoms with Gasteiger partial charge in [0.25, 0.3) is 0 Å². The molecule has 0 bridgehead atoms. The fourth-order valence-corrected chi connectivity index (χ4v) is 3.80. The molecule has 6 nitrogen and oxygen atoms in total. The molecule has 0 aliphatic carbocycles. The van der Waals surface area contributed by atoms with Crippen LogP contribution in [0.1, 0.15) is 11.1 Å². The highest BCUT2D eigenvalue weighted by Crippen LogP contribution is 2.20. The molecule has 0 aliphatic rings. The number of nitrogens with zero attached hydrogens (tertiary/aromatic N) is 1. The summed E-state index contributed by atoms with van der Waals surface area (Å²) in [5.41, 5.74) is 9.48. The Kier molecular flexibility index (Phi) is 6.92. The van der Waals surface area contributed by atoms with Crippen LogP contribution in [0.25, 0.3) is 0 Å². The van der Waals surface area contributed by atoms with Crippen LogP contribution in [0, 0.1) is 6.92 Å². The number of hydrogen-bond acceptors (Lipinski definition) is 6. The van der Waals surface area contributed by atoms with Gasteiger partial charge in [0.2, 0.25) is 0 Å². The molecule has 0 radical (unpaired) electrons. The lowest BCUT2D eigenvalue weighted by molar-refractivity contribution is 0.351. The molecule has 1 heterocycles. The second kappa shape index (κ2) is 8.93. The first-order chi connectivity index (χ1) is 11.5. The monoisotopic (exact) mass is 367 g/mol. The maximum Gasteiger partial charge on any atom is 0.182 e. The first-order valence-corrected chi connectivity index (χ1v) is 9.94. The SMILES string of the molecule is Cc1ccc(N)c(S(=O)(=O)CCOC=[SH]NCc2cccnc2)c1. The molecule has 2 aromatic rings. The van der Waals surface area contributed by atoms with E-state index in [1.807, 2.05) is 19.1 Å². The minimum absolute atomic E-state index is 0.0806. The number of anilines is 1. The molecule has 24 heavy (non-hydrogen) atoms. The average molecular weight is 367 g/mol. The van der Waals surface area contributed by atoms with E-state index >= 15 is 0 Å². The minimum atomic E-state index is -3.45. The largest absolute Gasteiger partial charge is 0.398 e. The number of nitrogens with one attached hydrogen (secondary N) is 1. The number of hydrogen-bond donors (Lipinski definition) is 3. The van der Waals surface area contributed by atoms with Crippen molar-refractivity contribution in [1.82, 2.24) is 9.71 Å². The zero-order valence-corrected chi connectivity index (χ0v) is 15.1. The topological polar surface area (TPSA) is 94.3 Å². The van der Waals surface area contributed by atoms with Crippen molar-refractivity contribution in [2.24, 2.45) is 0 Å². The first-order valence-electron chi connectivity index (χ1n) is 7.33. The predicted molar refractivity (Wildman–Crippen MR) is 99.7 cm³/mol. The van der Waals surface area contributed by atoms with Gasteiger partial charge >= 0.3 is 0 Å². The van der Waals surface area contributed by atoms with E-state index in [2.05, 4.69) is 9.71 Å². The van der Waals surface area contributed by atoms with Crippen molar-refractivity contribution in [1.29, 1.82) is 0 Å². The molecule has 0 spiro atoms. The maximum absolute atomic E-state index is 12.3. The van der Waals surface area contributed by atoms with Crippen LogP contribution >= 0.6 is 11.5 Å². The summed E-state index contributed by atoms with van der Waals surface area (Å²) in [6.45, 7) is 2.57. The van der Waals surface area contributed by atoms with Gasteiger partial charge in [-0.2, -0.15) is 0 Å². The van der Waals surface area contributed by atoms with Crippen molar-refractivity contribution < 1.29 is 13.2 Å². The van der Waals surface area contributed by atoms with Crippen LogP contribution in [-0.4, -0.2) is 31.3 Å². The van der Waals surface area contributed by atoms with E-state index < -0.39 is 9.84 Å². The molecule has 3 N–H and O–H groups in total. The number of thiol groups is 1. The van der Waals surface area contributed by atoms with E-state index in [9.17, 15) is 8.42 Å². The molecular formula is C16H21N3O3S2. The standard InChI is InChI=1S/C16H21N3O3S2/c1-13-4-5-15(17)16(9-13)24(20,21)8-7-22-12-23-19-11-14-3-2-6-18-10-14/h2-6,9-10,12,19,23H,7-8,11,17H2,1H3. The molecule has 0 unspecified atom stereocenters. The molecule has 2 rings (SSSR count). The third-order valence-electron chi connectivity index (χ3n) is 3.20. The summed E-state index contributed by atoms with van der Waals surface area (Å²) >= 11 is 0.762. The van der Waals surface area contributed by atoms with Gasteiger partial charge in [0.15, 0.2) is 9.84 Å². The summed E-state index contributed by atoms with van der Waals surface area (Å²) in [6.07, 6.45) is 3.50. The van der Waals surface area contributed by atoms with Gasteiger partial charge in [0, 0.05) is 18.9 Å². The Balaban J connectivity index is 1.77. The van der Waals surface area contributed by atoms with Crippen molar-refractivity contribution in [3.05, 3.63) is 53.9 Å². The molecule has 130 valence electrons. The number of aromatic nitrogens is 1. The highest BCUT2D eigenvalue weighted by atomic mass is 32.2. The van der Waals surface area contributed by atoms with Crippen molar-refractivity contribution in [3.63, 3.8) is 0 Å². The Morgan fingerprint density at radius 1 is 1.38 bits per heavy atom. The fourth-order valence-electron chi connectivity index (χ4n) is 1.95. The van der Waals surface area contributed by atoms with E-state index in [-0.39, 0.29) is 22.9 Å². The summed E-state index contributed by atoms with van der Waals surface area (Å²) in [4.78, 5) is 4.19. The number of benzene rings is 1. The van der Waals surface area contributed by atoms with Crippen molar-refractivity contribution in [3.8, 4) is 0 Å². The molecule has 1 aromatic carbocycles. The number of nitrogen functional groups attached to an aromatic ring is 1. The van der Waals surface area contributed by atoms with Gasteiger partial charge < -0.3 is 10.5 Å². The van der Waals surface area contributed by atoms with E-state index in [0.717, 1.165) is 22.7 Å². The molecule has 8 heteroatoms. The lowest BCUT2D eigenvalue weighted by atomic mass is 10.2. The quantitative estimate of drug-likeness (QED) is 0.284. The van der Waals surface area contributed by atoms with Crippen LogP contribution in [0.15, 0.2) is 47.6 Å². The summed E-state index contributed by atoms with van der Waals surface area (Å²) in [6, 6.07) is 8.81. The third kappa shape index (κ3) is 5.72. The first kappa shape index (κ1) is 18.6. The van der Waals surface area contributed by atoms with E-state index in [4.69, 9.17) is 10.5 Å². The summed E-state index contributed by atoms with van der Waals surface area (Å²) in [5.74, 6) is -0.116. The van der Waals surface area contributed by atoms with Crippen LogP contribution in [0.5, 0.6) is 0 Å². The molecule has 0 saturated carbocycles. The summed E-state index contributed by atoms with van der Waals surface area (Å²) in [5, 5.41) is 0. The van der Waals surface area contributed by atoms with Gasteiger partial charge in [-0.3, -0.25) is 9.71 Å². The Labute approximate surface area is 146 Å². The molecular weight excluding hydrogens is 346 g/mol. The van der Waals surface area contributed by atoms with Crippen LogP contribution in [0.2, 0.25) is 0 Å². The Bertz CT molecular complexity index is 793. The van der Waals surface area contributed by atoms with Crippen molar-refractivity contribution >= 4 is 32.6 Å². The normalized spacial score (nSPS) is 12.2. The number of nitrogens with two attached hydrogens (primary N) is 1. The summed E-state index contributed by atoms with van der Waals surface area (Å²) < 4.78 is 33.0. The second-order valence-electron chi connectivity index (χ2n) is 5.16. The number of ether oxygens (including phenoxy) is 1. The predicted octanol–water partition coefficient (Wildman–Crippen LogP) is 1.69. The minimum Gasteiger partial charge on any atom is -0.398 e. The Hall–Kier alpha value is -1.74. The van der Waals surface area contributed by atoms with Gasteiger partial charge in [-0.15, -0.1) is 11.5 Å². The van der Waals surface area contributed by atoms with E-state index in [1.165, 1.54) is 5.55 Å². The van der Waals surface area contributed by atoms with E-state index in [0.29, 0.717) is 6.54 Å². The molecule has 0 aliphatic heterocycles. The van der Waals surface area contributed by atoms with Gasteiger partial charge in [-0.25, -0.2) is 8.42 Å². The summed E-state index contributed by atoms with van der Waals surface area (Å²) in [7, 11) is -3.45. The van der Waals surface area contributed by atoms with Crippen LogP contribution in [0.3, 0.4) is 0 Å². The average Bonchev–Trinajstić information content (AvgIpc) is 2.57. The van der Waals surface area contributed by atoms with Gasteiger partial charge in [0.1, 0.15) is 0 Å². The molecule has 0 fully saturated rings. The number of pyridine rings is 1. The van der Waals surface area contributed by atoms with Crippen LogP contribution in [-0.2, 0) is 21.1 Å². The zero-order chi connectivity index (χ0) is 17.4. The molecule has 0 amide bonds. The Morgan fingerprint density at radius 2 is 2.21 bits per heavy atom. The van der Waals surface area contributed by atoms with Crippen molar-refractivity contribution in [2.75, 3.05) is 18.1 Å². The fraction of sp³-hybridized carbons (Fsp3) is 0.250. The third-order valence-corrected chi connectivity index (χ3v) is 5.52. The van der Waals surface area contributed by atoms with Gasteiger partial charge in [-0.1, -0.05) is 12.1 Å². The lowest BCUT2D eigenvalue weighted by Gasteiger charge is -2.08. The smallest absolute Gasteiger partial charge is 0.182 e. The Morgan fingerprint density at radius 3 is 2.96 bits per heavy atom. The second-order valence-corrected chi connectivity index (χ2v) is 8.02. The number of rotatable bonds is 8. The number of aryl methyl sites for hydroxylation is 1. The lowest BCUT2D eigenvalue weighted by Crippen LogP contribution is -2.14. The highest BCUT2D eigenvalue weighted by molar-refractivity contribution is 7.95. The maximum atomic E-state index is 12.3. The van der Waals surface area contributed by atoms with Gasteiger partial charge in [-0.05, 0) is 36.2 Å². The van der Waals surface area contributed by atoms with E-state index in [1.54, 1.807) is 30.6 Å². The van der Waals surface area contributed by atoms with Crippen LogP contribution < -0.4 is 10.5 Å². The van der Waals surface area contributed by atoms with Crippen molar-refractivity contribution in [2.45, 2.75) is 18.4 Å². The molecule has 0 atom stereocenters. The zero-order valence-electron chi connectivity index (χ0n) is 13.3. The highest BCUT2D eigenvalue weighted by Gasteiger charge is 2.17.